The first-order chi connectivity index (χ1) is 6.65. The number of benzene rings is 1. The van der Waals surface area contributed by atoms with Gasteiger partial charge in [-0.25, -0.2) is 0 Å². The third-order valence-corrected chi connectivity index (χ3v) is 2.22. The van der Waals surface area contributed by atoms with E-state index in [1.54, 1.807) is 6.92 Å². The van der Waals surface area contributed by atoms with Crippen LogP contribution >= 0.6 is 0 Å². The zero-order chi connectivity index (χ0) is 10.6. The van der Waals surface area contributed by atoms with Crippen LogP contribution in [0.15, 0.2) is 36.9 Å². The molecule has 0 saturated carbocycles. The van der Waals surface area contributed by atoms with Crippen molar-refractivity contribution in [3.8, 4) is 0 Å². The number of hydrogen-bond donors (Lipinski definition) is 1. The Kier molecular flexibility index (Phi) is 3.72. The number of nitrogens with zero attached hydrogens (tertiary/aromatic N) is 1. The Hall–Kier alpha value is -1.28. The van der Waals surface area contributed by atoms with Gasteiger partial charge in [-0.05, 0) is 24.6 Å². The van der Waals surface area contributed by atoms with Crippen LogP contribution in [0.2, 0.25) is 0 Å². The standard InChI is InChI=1S/C12H17NO/c1-4-9-13(3)12-7-5-11(6-8-12)10(2)14/h4-8,10,14H,1,9H2,2-3H3. The number of aliphatic hydroxyl groups is 1. The van der Waals surface area contributed by atoms with Gasteiger partial charge in [-0.2, -0.15) is 0 Å². The van der Waals surface area contributed by atoms with Crippen LogP contribution in [0.4, 0.5) is 5.69 Å². The molecule has 1 aromatic carbocycles. The second-order valence-electron chi connectivity index (χ2n) is 3.44. The van der Waals surface area contributed by atoms with Crippen molar-refractivity contribution in [2.24, 2.45) is 0 Å². The zero-order valence-corrected chi connectivity index (χ0v) is 8.77. The van der Waals surface area contributed by atoms with Crippen LogP contribution in [-0.2, 0) is 0 Å². The minimum absolute atomic E-state index is 0.395. The first-order valence-electron chi connectivity index (χ1n) is 4.75. The van der Waals surface area contributed by atoms with Crippen molar-refractivity contribution in [3.63, 3.8) is 0 Å². The molecular weight excluding hydrogens is 174 g/mol. The number of rotatable bonds is 4. The van der Waals surface area contributed by atoms with E-state index in [1.165, 1.54) is 0 Å². The highest BCUT2D eigenvalue weighted by atomic mass is 16.3. The van der Waals surface area contributed by atoms with Crippen molar-refractivity contribution < 1.29 is 5.11 Å². The summed E-state index contributed by atoms with van der Waals surface area (Å²) in [6.45, 7) is 6.28. The van der Waals surface area contributed by atoms with E-state index in [4.69, 9.17) is 0 Å². The summed E-state index contributed by atoms with van der Waals surface area (Å²) in [6.07, 6.45) is 1.47. The van der Waals surface area contributed by atoms with Crippen LogP contribution in [0.5, 0.6) is 0 Å². The molecule has 0 aromatic heterocycles. The molecule has 0 aliphatic heterocycles. The van der Waals surface area contributed by atoms with E-state index >= 15 is 0 Å². The monoisotopic (exact) mass is 191 g/mol. The molecule has 0 bridgehead atoms. The molecule has 1 aromatic rings. The highest BCUT2D eigenvalue weighted by Crippen LogP contribution is 2.17. The summed E-state index contributed by atoms with van der Waals surface area (Å²) in [6, 6.07) is 7.90. The molecular formula is C12H17NO. The molecule has 0 heterocycles. The Morgan fingerprint density at radius 2 is 2.00 bits per heavy atom. The van der Waals surface area contributed by atoms with Gasteiger partial charge in [-0.1, -0.05) is 18.2 Å². The predicted octanol–water partition coefficient (Wildman–Crippen LogP) is 2.36. The molecule has 76 valence electrons. The maximum absolute atomic E-state index is 9.33. The van der Waals surface area contributed by atoms with Gasteiger partial charge in [-0.3, -0.25) is 0 Å². The summed E-state index contributed by atoms with van der Waals surface area (Å²) in [7, 11) is 2.01. The lowest BCUT2D eigenvalue weighted by molar-refractivity contribution is 0.199. The van der Waals surface area contributed by atoms with Gasteiger partial charge in [0.25, 0.3) is 0 Å². The van der Waals surface area contributed by atoms with Crippen molar-refractivity contribution in [1.29, 1.82) is 0 Å². The summed E-state index contributed by atoms with van der Waals surface area (Å²) in [5.41, 5.74) is 2.08. The van der Waals surface area contributed by atoms with Gasteiger partial charge >= 0.3 is 0 Å². The largest absolute Gasteiger partial charge is 0.389 e. The molecule has 0 spiro atoms. The molecule has 1 atom stereocenters. The second kappa shape index (κ2) is 4.82. The summed E-state index contributed by atoms with van der Waals surface area (Å²) >= 11 is 0. The van der Waals surface area contributed by atoms with Gasteiger partial charge in [0.15, 0.2) is 0 Å². The zero-order valence-electron chi connectivity index (χ0n) is 8.77. The average Bonchev–Trinajstić information content (AvgIpc) is 2.18. The lowest BCUT2D eigenvalue weighted by atomic mass is 10.1. The molecule has 0 aliphatic carbocycles. The van der Waals surface area contributed by atoms with E-state index in [1.807, 2.05) is 37.4 Å². The van der Waals surface area contributed by atoms with E-state index in [-0.39, 0.29) is 0 Å². The summed E-state index contributed by atoms with van der Waals surface area (Å²) in [4.78, 5) is 2.10. The Morgan fingerprint density at radius 3 is 2.43 bits per heavy atom. The van der Waals surface area contributed by atoms with Crippen molar-refractivity contribution in [2.45, 2.75) is 13.0 Å². The van der Waals surface area contributed by atoms with Crippen LogP contribution in [-0.4, -0.2) is 18.7 Å². The maximum Gasteiger partial charge on any atom is 0.0761 e. The molecule has 1 unspecified atom stereocenters. The van der Waals surface area contributed by atoms with Gasteiger partial charge in [0.05, 0.1) is 6.10 Å². The second-order valence-corrected chi connectivity index (χ2v) is 3.44. The van der Waals surface area contributed by atoms with Crippen LogP contribution in [0.1, 0.15) is 18.6 Å². The topological polar surface area (TPSA) is 23.5 Å². The van der Waals surface area contributed by atoms with Crippen molar-refractivity contribution in [3.05, 3.63) is 42.5 Å². The Bertz CT molecular complexity index is 290. The van der Waals surface area contributed by atoms with Crippen LogP contribution in [0, 0.1) is 0 Å². The first kappa shape index (κ1) is 10.8. The summed E-state index contributed by atoms with van der Waals surface area (Å²) in [5, 5.41) is 9.33. The van der Waals surface area contributed by atoms with Crippen LogP contribution in [0.3, 0.4) is 0 Å². The van der Waals surface area contributed by atoms with E-state index in [9.17, 15) is 5.11 Å². The first-order valence-corrected chi connectivity index (χ1v) is 4.75. The molecule has 0 aliphatic rings. The smallest absolute Gasteiger partial charge is 0.0761 e. The highest BCUT2D eigenvalue weighted by molar-refractivity contribution is 5.47. The molecule has 14 heavy (non-hydrogen) atoms. The Morgan fingerprint density at radius 1 is 1.43 bits per heavy atom. The third kappa shape index (κ3) is 2.60. The van der Waals surface area contributed by atoms with Crippen LogP contribution < -0.4 is 4.90 Å². The SMILES string of the molecule is C=CCN(C)c1ccc(C(C)O)cc1. The molecule has 2 heteroatoms. The van der Waals surface area contributed by atoms with Crippen molar-refractivity contribution >= 4 is 5.69 Å². The fourth-order valence-electron chi connectivity index (χ4n) is 1.31. The van der Waals surface area contributed by atoms with Gasteiger partial charge in [0.2, 0.25) is 0 Å². The van der Waals surface area contributed by atoms with E-state index in [0.717, 1.165) is 17.8 Å². The lowest BCUT2D eigenvalue weighted by Gasteiger charge is -2.17. The third-order valence-electron chi connectivity index (χ3n) is 2.22. The van der Waals surface area contributed by atoms with Gasteiger partial charge in [-0.15, -0.1) is 6.58 Å². The normalized spacial score (nSPS) is 12.2. The van der Waals surface area contributed by atoms with E-state index in [0.29, 0.717) is 0 Å². The molecule has 0 fully saturated rings. The average molecular weight is 191 g/mol. The Labute approximate surface area is 85.5 Å². The minimum Gasteiger partial charge on any atom is -0.389 e. The molecule has 1 N–H and O–H groups in total. The minimum atomic E-state index is -0.395. The highest BCUT2D eigenvalue weighted by Gasteiger charge is 2.01. The quantitative estimate of drug-likeness (QED) is 0.738. The number of aliphatic hydroxyl groups excluding tert-OH is 1. The maximum atomic E-state index is 9.33. The predicted molar refractivity (Wildman–Crippen MR) is 60.5 cm³/mol. The summed E-state index contributed by atoms with van der Waals surface area (Å²) in [5.74, 6) is 0. The molecule has 1 rings (SSSR count). The number of likely N-dealkylation sites (N-methyl/N-ethyl adjacent to an activating group) is 1. The number of anilines is 1. The summed E-state index contributed by atoms with van der Waals surface area (Å²) < 4.78 is 0. The molecule has 0 saturated heterocycles. The Balaban J connectivity index is 2.77. The van der Waals surface area contributed by atoms with Gasteiger partial charge in [0, 0.05) is 19.3 Å². The van der Waals surface area contributed by atoms with Gasteiger partial charge < -0.3 is 10.0 Å². The van der Waals surface area contributed by atoms with Crippen molar-refractivity contribution in [2.75, 3.05) is 18.5 Å². The van der Waals surface area contributed by atoms with Crippen molar-refractivity contribution in [1.82, 2.24) is 0 Å². The van der Waals surface area contributed by atoms with Gasteiger partial charge in [0.1, 0.15) is 0 Å². The molecule has 0 radical (unpaired) electrons. The fourth-order valence-corrected chi connectivity index (χ4v) is 1.31. The molecule has 2 nitrogen and oxygen atoms in total. The lowest BCUT2D eigenvalue weighted by Crippen LogP contribution is -2.16. The fraction of sp³-hybridized carbons (Fsp3) is 0.333. The van der Waals surface area contributed by atoms with E-state index in [2.05, 4.69) is 11.5 Å². The van der Waals surface area contributed by atoms with E-state index < -0.39 is 6.10 Å². The van der Waals surface area contributed by atoms with Crippen LogP contribution in [0.25, 0.3) is 0 Å². The number of hydrogen-bond acceptors (Lipinski definition) is 2. The molecule has 0 amide bonds.